The number of anilines is 6. The van der Waals surface area contributed by atoms with E-state index < -0.39 is 0 Å². The molecule has 0 spiro atoms. The molecule has 422 valence electrons. The van der Waals surface area contributed by atoms with Crippen LogP contribution in [-0.4, -0.2) is 18.0 Å². The zero-order valence-electron chi connectivity index (χ0n) is 49.4. The van der Waals surface area contributed by atoms with Crippen LogP contribution in [0.5, 0.6) is 23.0 Å². The molecule has 19 rings (SSSR count). The third-order valence-electron chi connectivity index (χ3n) is 19.3. The zero-order chi connectivity index (χ0) is 59.7. The molecular weight excluding hydrogens is 1100 g/mol. The number of ether oxygens (including phenoxy) is 2. The summed E-state index contributed by atoms with van der Waals surface area (Å²) in [7, 11) is 0. The second kappa shape index (κ2) is 20.4. The van der Waals surface area contributed by atoms with E-state index in [1.165, 1.54) is 49.4 Å². The van der Waals surface area contributed by atoms with E-state index in [-0.39, 0.29) is 13.4 Å². The van der Waals surface area contributed by atoms with Gasteiger partial charge in [0, 0.05) is 56.2 Å². The van der Waals surface area contributed by atoms with Crippen LogP contribution in [0.25, 0.3) is 83.1 Å². The van der Waals surface area contributed by atoms with E-state index in [0.717, 1.165) is 124 Å². The smallest absolute Gasteiger partial charge is 0.260 e. The number of nitrogens with zero attached hydrogens (tertiary/aromatic N) is 3. The molecule has 0 saturated heterocycles. The molecule has 0 saturated carbocycles. The van der Waals surface area contributed by atoms with E-state index in [0.29, 0.717) is 0 Å². The van der Waals surface area contributed by atoms with Crippen molar-refractivity contribution in [2.24, 2.45) is 0 Å². The highest BCUT2D eigenvalue weighted by molar-refractivity contribution is 7.02. The van der Waals surface area contributed by atoms with Gasteiger partial charge in [0.05, 0.1) is 28.1 Å². The lowest BCUT2D eigenvalue weighted by Crippen LogP contribution is -2.64. The quantitative estimate of drug-likeness (QED) is 0.142. The third kappa shape index (κ3) is 8.01. The number of hydrogen-bond acceptors (Lipinski definition) is 4. The van der Waals surface area contributed by atoms with Crippen molar-refractivity contribution in [2.45, 2.75) is 0 Å². The van der Waals surface area contributed by atoms with Crippen LogP contribution < -0.4 is 52.1 Å². The first kappa shape index (κ1) is 51.3. The minimum absolute atomic E-state index is 0.171. The molecular formula is C84H53B2N3O2. The van der Waals surface area contributed by atoms with Crippen molar-refractivity contribution in [1.29, 1.82) is 0 Å². The maximum atomic E-state index is 7.50. The molecule has 15 aromatic rings. The Labute approximate surface area is 528 Å². The lowest BCUT2D eigenvalue weighted by molar-refractivity contribution is 0.465. The van der Waals surface area contributed by atoms with E-state index >= 15 is 0 Å². The molecule has 91 heavy (non-hydrogen) atoms. The fraction of sp³-hybridized carbons (Fsp3) is 0. The van der Waals surface area contributed by atoms with Gasteiger partial charge in [0.2, 0.25) is 0 Å². The monoisotopic (exact) mass is 1160 g/mol. The van der Waals surface area contributed by atoms with Crippen LogP contribution >= 0.6 is 0 Å². The van der Waals surface area contributed by atoms with Crippen LogP contribution in [0, 0.1) is 0 Å². The number of rotatable bonds is 8. The fourth-order valence-corrected chi connectivity index (χ4v) is 15.3. The van der Waals surface area contributed by atoms with Crippen molar-refractivity contribution in [1.82, 2.24) is 4.57 Å². The highest BCUT2D eigenvalue weighted by atomic mass is 16.5. The van der Waals surface area contributed by atoms with Crippen LogP contribution in [0.1, 0.15) is 0 Å². The SMILES string of the molecule is c1ccc(-c2cc3c4c(c2)Oc2cc5c(cc2B4c2ccccc2O3)B2c3ccccc3N(c3ccccc3-c3ccccc3)c3cc(-n4c6ccc(-c7ccccc7)cc6c6cc(-c7ccccc7)ccc64)cc(c32)N5c2ccccc2-c2ccccc2)cc1. The first-order valence-electron chi connectivity index (χ1n) is 31.4. The Morgan fingerprint density at radius 1 is 0.231 bits per heavy atom. The third-order valence-corrected chi connectivity index (χ3v) is 19.3. The van der Waals surface area contributed by atoms with Gasteiger partial charge >= 0.3 is 0 Å². The van der Waals surface area contributed by atoms with Gasteiger partial charge in [0.15, 0.2) is 0 Å². The molecule has 0 radical (unpaired) electrons. The number of hydrogen-bond donors (Lipinski definition) is 0. The molecule has 4 aliphatic heterocycles. The Kier molecular flexibility index (Phi) is 11.5. The van der Waals surface area contributed by atoms with Crippen molar-refractivity contribution in [2.75, 3.05) is 9.80 Å². The van der Waals surface area contributed by atoms with Gasteiger partial charge in [-0.2, -0.15) is 0 Å². The predicted molar refractivity (Wildman–Crippen MR) is 380 cm³/mol. The molecule has 0 amide bonds. The predicted octanol–water partition coefficient (Wildman–Crippen LogP) is 17.9. The molecule has 5 nitrogen and oxygen atoms in total. The molecule has 14 aromatic carbocycles. The van der Waals surface area contributed by atoms with Crippen LogP contribution in [0.4, 0.5) is 34.1 Å². The molecule has 0 fully saturated rings. The summed E-state index contributed by atoms with van der Waals surface area (Å²) < 4.78 is 17.0. The second-order valence-electron chi connectivity index (χ2n) is 24.2. The normalized spacial score (nSPS) is 12.9. The van der Waals surface area contributed by atoms with E-state index in [9.17, 15) is 0 Å². The van der Waals surface area contributed by atoms with Crippen LogP contribution in [0.2, 0.25) is 0 Å². The second-order valence-corrected chi connectivity index (χ2v) is 24.2. The molecule has 1 aromatic heterocycles. The summed E-state index contributed by atoms with van der Waals surface area (Å²) in [5.74, 6) is 3.29. The van der Waals surface area contributed by atoms with Crippen molar-refractivity contribution >= 4 is 102 Å². The van der Waals surface area contributed by atoms with Gasteiger partial charge in [-0.1, -0.05) is 243 Å². The Morgan fingerprint density at radius 2 is 0.659 bits per heavy atom. The largest absolute Gasteiger partial charge is 0.458 e. The van der Waals surface area contributed by atoms with E-state index in [1.54, 1.807) is 0 Å². The lowest BCUT2D eigenvalue weighted by Gasteiger charge is -2.45. The standard InChI is InChI=1S/C84H53B2N3O2/c1-6-24-54(25-7-1)59-42-44-73-65(46-59)66-47-60(55-26-8-2-9-27-55)43-45-74(66)87(73)62-50-77-83-78(51-62)89(72-39-21-17-35-64(72)58-32-14-5-15-33-58)76-53-80-70(86-68-37-19-23-41-79(68)90-81-48-61(49-82(91-80)84(81)86)56-28-10-3-11-29-56)52-69(76)85(83)67-36-18-22-40-75(67)88(77)71-38-20-16-34-63(71)57-30-12-4-13-31-57/h1-53H. The molecule has 0 atom stereocenters. The fourth-order valence-electron chi connectivity index (χ4n) is 15.3. The van der Waals surface area contributed by atoms with Crippen LogP contribution in [0.3, 0.4) is 0 Å². The van der Waals surface area contributed by atoms with Gasteiger partial charge in [-0.25, -0.2) is 0 Å². The number of para-hydroxylation sites is 4. The molecule has 0 unspecified atom stereocenters. The molecule has 0 N–H and O–H groups in total. The average molecular weight is 1160 g/mol. The maximum Gasteiger partial charge on any atom is 0.260 e. The Bertz CT molecular complexity index is 5350. The van der Waals surface area contributed by atoms with Gasteiger partial charge in [-0.05, 0) is 145 Å². The van der Waals surface area contributed by atoms with Gasteiger partial charge in [0.25, 0.3) is 13.4 Å². The molecule has 5 heterocycles. The topological polar surface area (TPSA) is 29.9 Å². The molecule has 0 aliphatic carbocycles. The highest BCUT2D eigenvalue weighted by Crippen LogP contribution is 2.51. The van der Waals surface area contributed by atoms with Crippen molar-refractivity contribution in [3.63, 3.8) is 0 Å². The Morgan fingerprint density at radius 3 is 1.21 bits per heavy atom. The summed E-state index contributed by atoms with van der Waals surface area (Å²) in [5, 5.41) is 2.37. The molecule has 0 bridgehead atoms. The minimum Gasteiger partial charge on any atom is -0.458 e. The summed E-state index contributed by atoms with van der Waals surface area (Å²) in [5.41, 5.74) is 28.1. The van der Waals surface area contributed by atoms with Gasteiger partial charge < -0.3 is 23.8 Å². The van der Waals surface area contributed by atoms with Crippen LogP contribution in [0.15, 0.2) is 322 Å². The number of benzene rings is 14. The minimum atomic E-state index is -0.216. The van der Waals surface area contributed by atoms with Crippen LogP contribution in [-0.2, 0) is 0 Å². The lowest BCUT2D eigenvalue weighted by atomic mass is 9.31. The Hall–Kier alpha value is -11.8. The first-order valence-corrected chi connectivity index (χ1v) is 31.4. The molecule has 7 heteroatoms. The van der Waals surface area contributed by atoms with Crippen molar-refractivity contribution < 1.29 is 9.47 Å². The number of aromatic nitrogens is 1. The summed E-state index contributed by atoms with van der Waals surface area (Å²) in [6.07, 6.45) is 0. The van der Waals surface area contributed by atoms with Crippen molar-refractivity contribution in [3.05, 3.63) is 322 Å². The number of fused-ring (bicyclic) bond motifs is 11. The Balaban J connectivity index is 0.936. The summed E-state index contributed by atoms with van der Waals surface area (Å²) in [6, 6.07) is 118. The van der Waals surface area contributed by atoms with Gasteiger partial charge in [0.1, 0.15) is 23.0 Å². The first-order chi connectivity index (χ1) is 45.1. The average Bonchev–Trinajstić information content (AvgIpc) is 1.03. The highest BCUT2D eigenvalue weighted by Gasteiger charge is 2.48. The maximum absolute atomic E-state index is 7.50. The van der Waals surface area contributed by atoms with Gasteiger partial charge in [-0.3, -0.25) is 0 Å². The molecule has 4 aliphatic rings. The van der Waals surface area contributed by atoms with Crippen molar-refractivity contribution in [3.8, 4) is 84.3 Å². The zero-order valence-corrected chi connectivity index (χ0v) is 49.4. The summed E-state index contributed by atoms with van der Waals surface area (Å²) in [6.45, 7) is -0.387. The van der Waals surface area contributed by atoms with E-state index in [2.05, 4.69) is 336 Å². The van der Waals surface area contributed by atoms with E-state index in [4.69, 9.17) is 9.47 Å². The van der Waals surface area contributed by atoms with Gasteiger partial charge in [-0.15, -0.1) is 0 Å². The summed E-state index contributed by atoms with van der Waals surface area (Å²) >= 11 is 0. The summed E-state index contributed by atoms with van der Waals surface area (Å²) in [4.78, 5) is 5.14. The van der Waals surface area contributed by atoms with E-state index in [1.807, 2.05) is 0 Å².